The van der Waals surface area contributed by atoms with Crippen LogP contribution in [0.4, 0.5) is 0 Å². The molecule has 3 N–H and O–H groups in total. The number of H-pyrrole nitrogens is 2. The monoisotopic (exact) mass is 536 g/mol. The molecule has 2 aromatic heterocycles. The van der Waals surface area contributed by atoms with Crippen molar-refractivity contribution in [2.75, 3.05) is 0 Å². The van der Waals surface area contributed by atoms with E-state index < -0.39 is 0 Å². The molecule has 3 aliphatic rings. The second kappa shape index (κ2) is 11.3. The molecule has 0 saturated carbocycles. The fraction of sp³-hybridized carbons (Fsp3) is 0.472. The Morgan fingerprint density at radius 2 is 1.18 bits per heavy atom. The highest BCUT2D eigenvalue weighted by atomic mass is 15.0. The van der Waals surface area contributed by atoms with Crippen LogP contribution in [0.1, 0.15) is 115 Å². The van der Waals surface area contributed by atoms with Crippen LogP contribution in [0.5, 0.6) is 0 Å². The number of nitrogens with one attached hydrogen (secondary N) is 3. The molecule has 212 valence electrons. The van der Waals surface area contributed by atoms with E-state index in [-0.39, 0.29) is 5.41 Å². The van der Waals surface area contributed by atoms with Crippen molar-refractivity contribution in [2.24, 2.45) is 10.4 Å². The highest BCUT2D eigenvalue weighted by Gasteiger charge is 2.35. The van der Waals surface area contributed by atoms with Crippen molar-refractivity contribution in [1.82, 2.24) is 15.3 Å². The Balaban J connectivity index is 1.89. The van der Waals surface area contributed by atoms with Gasteiger partial charge in [0.25, 0.3) is 0 Å². The molecular formula is C36H48N4. The van der Waals surface area contributed by atoms with Crippen molar-refractivity contribution in [1.29, 1.82) is 0 Å². The van der Waals surface area contributed by atoms with Crippen molar-refractivity contribution in [2.45, 2.75) is 107 Å². The minimum absolute atomic E-state index is 0.000821. The van der Waals surface area contributed by atoms with Gasteiger partial charge in [0.1, 0.15) is 0 Å². The zero-order valence-electron chi connectivity index (χ0n) is 26.0. The summed E-state index contributed by atoms with van der Waals surface area (Å²) in [4.78, 5) is 13.0. The van der Waals surface area contributed by atoms with E-state index >= 15 is 0 Å². The fourth-order valence-corrected chi connectivity index (χ4v) is 7.31. The average molecular weight is 537 g/mol. The van der Waals surface area contributed by atoms with Gasteiger partial charge in [-0.15, -0.1) is 0 Å². The van der Waals surface area contributed by atoms with Crippen LogP contribution in [0.2, 0.25) is 0 Å². The van der Waals surface area contributed by atoms with E-state index in [1.165, 1.54) is 66.9 Å². The van der Waals surface area contributed by atoms with E-state index in [4.69, 9.17) is 4.99 Å². The largest absolute Gasteiger partial charge is 0.358 e. The lowest BCUT2D eigenvalue weighted by molar-refractivity contribution is 0.430. The van der Waals surface area contributed by atoms with Gasteiger partial charge in [-0.05, 0) is 115 Å². The molecule has 0 spiro atoms. The van der Waals surface area contributed by atoms with Crippen molar-refractivity contribution >= 4 is 30.0 Å². The molecule has 0 atom stereocenters. The molecule has 5 heterocycles. The summed E-state index contributed by atoms with van der Waals surface area (Å²) in [6.45, 7) is 18.3. The van der Waals surface area contributed by atoms with Gasteiger partial charge in [0.05, 0.1) is 11.4 Å². The van der Waals surface area contributed by atoms with Crippen LogP contribution in [0.15, 0.2) is 39.3 Å². The maximum atomic E-state index is 5.30. The van der Waals surface area contributed by atoms with Crippen molar-refractivity contribution in [3.8, 4) is 0 Å². The van der Waals surface area contributed by atoms with E-state index in [1.54, 1.807) is 0 Å². The third-order valence-corrected chi connectivity index (χ3v) is 9.57. The van der Waals surface area contributed by atoms with E-state index in [1.807, 2.05) is 0 Å². The molecule has 0 fully saturated rings. The van der Waals surface area contributed by atoms with E-state index in [2.05, 4.69) is 101 Å². The third kappa shape index (κ3) is 4.50. The summed E-state index contributed by atoms with van der Waals surface area (Å²) in [6.07, 6.45) is 19.9. The van der Waals surface area contributed by atoms with Gasteiger partial charge in [0.2, 0.25) is 0 Å². The molecule has 0 radical (unpaired) electrons. The molecule has 40 heavy (non-hydrogen) atoms. The third-order valence-electron chi connectivity index (χ3n) is 9.57. The SMILES string of the molecule is CCC1=C(CC)/C2=C/c3[nH]c(c(CC)c3CC)/C=C3\NC(=CC3(CC)CC)/C=c3\[nH]/c(c(CC)c3CC)=C\C1=N2. The molecule has 0 unspecified atom stereocenters. The molecule has 0 saturated heterocycles. The van der Waals surface area contributed by atoms with Gasteiger partial charge in [0.15, 0.2) is 0 Å². The molecule has 4 nitrogen and oxygen atoms in total. The Bertz CT molecular complexity index is 1590. The number of aromatic amines is 2. The number of aliphatic imine (C=N–C) groups is 1. The highest BCUT2D eigenvalue weighted by Crippen LogP contribution is 2.43. The summed E-state index contributed by atoms with van der Waals surface area (Å²) in [5, 5.41) is 6.29. The first-order valence-corrected chi connectivity index (χ1v) is 15.8. The second-order valence-electron chi connectivity index (χ2n) is 11.4. The predicted molar refractivity (Wildman–Crippen MR) is 173 cm³/mol. The molecule has 0 amide bonds. The second-order valence-corrected chi connectivity index (χ2v) is 11.4. The zero-order valence-corrected chi connectivity index (χ0v) is 26.0. The first-order valence-electron chi connectivity index (χ1n) is 15.8. The van der Waals surface area contributed by atoms with Gasteiger partial charge in [-0.25, -0.2) is 4.99 Å². The van der Waals surface area contributed by atoms with E-state index in [9.17, 15) is 0 Å². The molecule has 4 heteroatoms. The van der Waals surface area contributed by atoms with E-state index in [0.717, 1.165) is 62.8 Å². The number of allylic oxidation sites excluding steroid dienone is 4. The first-order chi connectivity index (χ1) is 19.4. The minimum atomic E-state index is 0.000821. The van der Waals surface area contributed by atoms with Gasteiger partial charge in [-0.1, -0.05) is 55.4 Å². The van der Waals surface area contributed by atoms with Crippen LogP contribution < -0.4 is 16.0 Å². The zero-order chi connectivity index (χ0) is 28.6. The number of hydrogen-bond donors (Lipinski definition) is 3. The van der Waals surface area contributed by atoms with Gasteiger partial charge in [-0.2, -0.15) is 0 Å². The molecule has 2 aromatic rings. The van der Waals surface area contributed by atoms with Crippen molar-refractivity contribution in [3.63, 3.8) is 0 Å². The molecular weight excluding hydrogens is 488 g/mol. The van der Waals surface area contributed by atoms with Crippen molar-refractivity contribution < 1.29 is 0 Å². The Kier molecular flexibility index (Phi) is 7.99. The molecule has 5 rings (SSSR count). The Labute approximate surface area is 240 Å². The minimum Gasteiger partial charge on any atom is -0.358 e. The maximum Gasteiger partial charge on any atom is 0.0693 e. The quantitative estimate of drug-likeness (QED) is 0.323. The molecule has 8 bridgehead atoms. The first kappa shape index (κ1) is 28.3. The Morgan fingerprint density at radius 1 is 0.600 bits per heavy atom. The van der Waals surface area contributed by atoms with Crippen molar-refractivity contribution in [3.05, 3.63) is 78.7 Å². The average Bonchev–Trinajstić information content (AvgIpc) is 3.68. The topological polar surface area (TPSA) is 56.0 Å². The smallest absolute Gasteiger partial charge is 0.0693 e. The maximum absolute atomic E-state index is 5.30. The Morgan fingerprint density at radius 3 is 1.73 bits per heavy atom. The summed E-state index contributed by atoms with van der Waals surface area (Å²) in [5.41, 5.74) is 15.6. The summed E-state index contributed by atoms with van der Waals surface area (Å²) >= 11 is 0. The van der Waals surface area contributed by atoms with Crippen LogP contribution in [0.25, 0.3) is 24.3 Å². The fourth-order valence-electron chi connectivity index (χ4n) is 7.31. The summed E-state index contributed by atoms with van der Waals surface area (Å²) in [6, 6.07) is 0. The van der Waals surface area contributed by atoms with Crippen LogP contribution in [0, 0.1) is 5.41 Å². The van der Waals surface area contributed by atoms with Crippen LogP contribution in [-0.2, 0) is 25.7 Å². The lowest BCUT2D eigenvalue weighted by Gasteiger charge is -2.26. The number of hydrogen-bond acceptors (Lipinski definition) is 2. The molecule has 0 aromatic carbocycles. The lowest BCUT2D eigenvalue weighted by atomic mass is 9.80. The van der Waals surface area contributed by atoms with Gasteiger partial charge < -0.3 is 15.3 Å². The van der Waals surface area contributed by atoms with Gasteiger partial charge >= 0.3 is 0 Å². The standard InChI is InChI=1S/C36H48N4/c1-9-23-24(10-2)30-18-31-25(11-3)26(12-4)32(39-31)19-33-27(13-5)28(14-6)34(40-33)20-35-36(15-7,16-8)21-22(37-35)17-29(23)38-30/h17-21,37-38,40H,9-16H2,1-8H3/b29-17-,30-18-,32-19-,35-20-. The number of fused-ring (bicyclic) bond motifs is 7. The van der Waals surface area contributed by atoms with Crippen LogP contribution in [-0.4, -0.2) is 15.7 Å². The van der Waals surface area contributed by atoms with E-state index in [0.29, 0.717) is 0 Å². The Hall–Kier alpha value is -3.27. The predicted octanol–water partition coefficient (Wildman–Crippen LogP) is 7.41. The van der Waals surface area contributed by atoms with Gasteiger partial charge in [0, 0.05) is 38.9 Å². The van der Waals surface area contributed by atoms with Crippen LogP contribution in [0.3, 0.4) is 0 Å². The molecule has 0 aliphatic carbocycles. The number of rotatable bonds is 8. The van der Waals surface area contributed by atoms with Gasteiger partial charge in [-0.3, -0.25) is 0 Å². The summed E-state index contributed by atoms with van der Waals surface area (Å²) < 4.78 is 0. The normalized spacial score (nSPS) is 21.9. The molecule has 3 aliphatic heterocycles. The van der Waals surface area contributed by atoms with Crippen LogP contribution >= 0.6 is 0 Å². The highest BCUT2D eigenvalue weighted by molar-refractivity contribution is 6.23. The number of aromatic nitrogens is 2. The lowest BCUT2D eigenvalue weighted by Crippen LogP contribution is -2.21. The summed E-state index contributed by atoms with van der Waals surface area (Å²) in [5.74, 6) is 0. The number of nitrogens with zero attached hydrogens (tertiary/aromatic N) is 1. The summed E-state index contributed by atoms with van der Waals surface area (Å²) in [7, 11) is 0.